The number of hydrogen-bond donors (Lipinski definition) is 1. The Kier molecular flexibility index (Phi) is 4.06. The highest BCUT2D eigenvalue weighted by Crippen LogP contribution is 2.41. The quantitative estimate of drug-likeness (QED) is 0.451. The molecule has 0 unspecified atom stereocenters. The van der Waals surface area contributed by atoms with E-state index in [1.165, 1.54) is 17.7 Å². The predicted molar refractivity (Wildman–Crippen MR) is 112 cm³/mol. The molecule has 4 heterocycles. The molecule has 0 radical (unpaired) electrons. The van der Waals surface area contributed by atoms with Crippen LogP contribution in [-0.2, 0) is 0 Å². The first kappa shape index (κ1) is 17.4. The Labute approximate surface area is 170 Å². The molecule has 5 aromatic rings. The van der Waals surface area contributed by atoms with Crippen molar-refractivity contribution in [1.29, 1.82) is 0 Å². The van der Waals surface area contributed by atoms with Gasteiger partial charge in [-0.15, -0.1) is 11.3 Å². The third-order valence-electron chi connectivity index (χ3n) is 4.73. The normalized spacial score (nSPS) is 11.2. The number of hydrogen-bond acceptors (Lipinski definition) is 6. The first-order chi connectivity index (χ1) is 14.1. The molecule has 1 aromatic carbocycles. The second-order valence-electron chi connectivity index (χ2n) is 6.66. The first-order valence-electron chi connectivity index (χ1n) is 9.04. The van der Waals surface area contributed by atoms with Gasteiger partial charge >= 0.3 is 0 Å². The topological polar surface area (TPSA) is 88.8 Å². The van der Waals surface area contributed by atoms with Gasteiger partial charge in [0.2, 0.25) is 0 Å². The fourth-order valence-electron chi connectivity index (χ4n) is 3.36. The second kappa shape index (κ2) is 6.75. The summed E-state index contributed by atoms with van der Waals surface area (Å²) >= 11 is 1.53. The fraction of sp³-hybridized carbons (Fsp3) is 0.0952. The highest BCUT2D eigenvalue weighted by Gasteiger charge is 2.22. The Morgan fingerprint density at radius 3 is 2.86 bits per heavy atom. The maximum Gasteiger partial charge on any atom is 0.167 e. The summed E-state index contributed by atoms with van der Waals surface area (Å²) in [6, 6.07) is 13.5. The molecule has 0 amide bonds. The summed E-state index contributed by atoms with van der Waals surface area (Å²) in [6.45, 7) is 3.54. The molecule has 0 saturated carbocycles. The maximum atomic E-state index is 11.9. The lowest BCUT2D eigenvalue weighted by molar-refractivity contribution is 0.101. The minimum Gasteiger partial charge on any atom is -0.295 e. The molecule has 5 rings (SSSR count). The molecule has 0 fully saturated rings. The Morgan fingerprint density at radius 1 is 1.17 bits per heavy atom. The van der Waals surface area contributed by atoms with Crippen molar-refractivity contribution >= 4 is 22.6 Å². The molecule has 0 spiro atoms. The molecule has 0 aliphatic rings. The monoisotopic (exact) mass is 400 g/mol. The zero-order valence-corrected chi connectivity index (χ0v) is 16.6. The number of ketones is 1. The van der Waals surface area contributed by atoms with Gasteiger partial charge in [-0.2, -0.15) is 10.2 Å². The number of H-pyrrole nitrogens is 1. The van der Waals surface area contributed by atoms with E-state index in [0.717, 1.165) is 37.9 Å². The average Bonchev–Trinajstić information content (AvgIpc) is 3.45. The number of aryl methyl sites for hydroxylation is 1. The number of thiazole rings is 1. The van der Waals surface area contributed by atoms with Gasteiger partial charge in [-0.3, -0.25) is 9.89 Å². The van der Waals surface area contributed by atoms with Crippen molar-refractivity contribution in [1.82, 2.24) is 29.8 Å². The zero-order valence-electron chi connectivity index (χ0n) is 15.7. The lowest BCUT2D eigenvalue weighted by Crippen LogP contribution is -1.92. The van der Waals surface area contributed by atoms with Crippen LogP contribution in [0.25, 0.3) is 38.0 Å². The molecule has 142 valence electrons. The van der Waals surface area contributed by atoms with E-state index in [2.05, 4.69) is 20.3 Å². The van der Waals surface area contributed by atoms with Crippen molar-refractivity contribution in [3.63, 3.8) is 0 Å². The lowest BCUT2D eigenvalue weighted by Gasteiger charge is -2.02. The molecule has 0 saturated heterocycles. The Balaban J connectivity index is 1.76. The van der Waals surface area contributed by atoms with Crippen LogP contribution >= 0.6 is 11.3 Å². The van der Waals surface area contributed by atoms with Crippen molar-refractivity contribution in [3.8, 4) is 32.5 Å². The standard InChI is InChI=1S/C21H16N6OS/c1-12-17(16-8-3-4-9-27(16)26-12)21-24-18(19(29-21)20-22-11-23-25-20)15-7-5-6-14(10-15)13(2)28/h3-11H,1-2H3,(H,22,23,25). The van der Waals surface area contributed by atoms with Crippen LogP contribution in [0, 0.1) is 6.92 Å². The van der Waals surface area contributed by atoms with Crippen molar-refractivity contribution in [3.05, 3.63) is 66.2 Å². The molecule has 0 aliphatic carbocycles. The minimum atomic E-state index is 0.0157. The van der Waals surface area contributed by atoms with Crippen LogP contribution < -0.4 is 0 Å². The molecule has 0 bridgehead atoms. The summed E-state index contributed by atoms with van der Waals surface area (Å²) < 4.78 is 1.86. The SMILES string of the molecule is CC(=O)c1cccc(-c2nc(-c3c(C)nn4ccccc34)sc2-c2ncn[nH]2)c1. The summed E-state index contributed by atoms with van der Waals surface area (Å²) in [5.41, 5.74) is 5.16. The van der Waals surface area contributed by atoms with E-state index in [0.29, 0.717) is 11.4 Å². The molecule has 0 atom stereocenters. The average molecular weight is 400 g/mol. The molecular weight excluding hydrogens is 384 g/mol. The third-order valence-corrected chi connectivity index (χ3v) is 5.81. The van der Waals surface area contributed by atoms with Crippen LogP contribution in [-0.4, -0.2) is 35.6 Å². The van der Waals surface area contributed by atoms with Crippen molar-refractivity contribution in [2.24, 2.45) is 0 Å². The van der Waals surface area contributed by atoms with Gasteiger partial charge in [-0.1, -0.05) is 24.3 Å². The first-order valence-corrected chi connectivity index (χ1v) is 9.86. The van der Waals surface area contributed by atoms with Gasteiger partial charge in [0.25, 0.3) is 0 Å². The molecular formula is C21H16N6OS. The largest absolute Gasteiger partial charge is 0.295 e. The predicted octanol–water partition coefficient (Wildman–Crippen LogP) is 4.42. The lowest BCUT2D eigenvalue weighted by atomic mass is 10.0. The van der Waals surface area contributed by atoms with Crippen LogP contribution in [0.4, 0.5) is 0 Å². The van der Waals surface area contributed by atoms with Gasteiger partial charge in [-0.05, 0) is 32.0 Å². The van der Waals surface area contributed by atoms with E-state index in [1.54, 1.807) is 6.92 Å². The zero-order chi connectivity index (χ0) is 20.0. The molecule has 29 heavy (non-hydrogen) atoms. The molecule has 7 nitrogen and oxygen atoms in total. The van der Waals surface area contributed by atoms with Crippen molar-refractivity contribution < 1.29 is 4.79 Å². The van der Waals surface area contributed by atoms with Crippen LogP contribution in [0.2, 0.25) is 0 Å². The summed E-state index contributed by atoms with van der Waals surface area (Å²) in [4.78, 5) is 22.0. The summed E-state index contributed by atoms with van der Waals surface area (Å²) in [6.07, 6.45) is 3.40. The van der Waals surface area contributed by atoms with Crippen molar-refractivity contribution in [2.45, 2.75) is 13.8 Å². The summed E-state index contributed by atoms with van der Waals surface area (Å²) in [7, 11) is 0. The van der Waals surface area contributed by atoms with Gasteiger partial charge in [0.1, 0.15) is 11.3 Å². The molecule has 1 N–H and O–H groups in total. The van der Waals surface area contributed by atoms with Gasteiger partial charge in [0.15, 0.2) is 11.6 Å². The van der Waals surface area contributed by atoms with Crippen LogP contribution in [0.5, 0.6) is 0 Å². The Bertz CT molecular complexity index is 1350. The number of benzene rings is 1. The molecule has 8 heteroatoms. The van der Waals surface area contributed by atoms with Crippen molar-refractivity contribution in [2.75, 3.05) is 0 Å². The number of nitrogens with one attached hydrogen (secondary N) is 1. The van der Waals surface area contributed by atoms with E-state index < -0.39 is 0 Å². The fourth-order valence-corrected chi connectivity index (χ4v) is 4.50. The maximum absolute atomic E-state index is 11.9. The molecule has 0 aliphatic heterocycles. The number of nitrogens with zero attached hydrogens (tertiary/aromatic N) is 5. The van der Waals surface area contributed by atoms with Crippen LogP contribution in [0.1, 0.15) is 23.0 Å². The summed E-state index contributed by atoms with van der Waals surface area (Å²) in [5, 5.41) is 12.4. The number of aromatic amines is 1. The van der Waals surface area contributed by atoms with E-state index in [9.17, 15) is 4.79 Å². The van der Waals surface area contributed by atoms with Gasteiger partial charge in [0, 0.05) is 17.3 Å². The van der Waals surface area contributed by atoms with E-state index in [-0.39, 0.29) is 5.78 Å². The number of fused-ring (bicyclic) bond motifs is 1. The Hall–Kier alpha value is -3.65. The number of carbonyl (C=O) groups is 1. The number of Topliss-reactive ketones (excluding diaryl/α,β-unsaturated/α-hetero) is 1. The number of rotatable bonds is 4. The van der Waals surface area contributed by atoms with Crippen LogP contribution in [0.3, 0.4) is 0 Å². The Morgan fingerprint density at radius 2 is 2.07 bits per heavy atom. The van der Waals surface area contributed by atoms with Crippen LogP contribution in [0.15, 0.2) is 55.0 Å². The minimum absolute atomic E-state index is 0.0157. The van der Waals surface area contributed by atoms with Gasteiger partial charge in [-0.25, -0.2) is 14.5 Å². The van der Waals surface area contributed by atoms with Gasteiger partial charge < -0.3 is 0 Å². The van der Waals surface area contributed by atoms with E-state index in [1.807, 2.05) is 60.1 Å². The highest BCUT2D eigenvalue weighted by atomic mass is 32.1. The highest BCUT2D eigenvalue weighted by molar-refractivity contribution is 7.19. The third kappa shape index (κ3) is 2.94. The number of carbonyl (C=O) groups excluding carboxylic acids is 1. The second-order valence-corrected chi connectivity index (χ2v) is 7.66. The molecule has 4 aromatic heterocycles. The van der Waals surface area contributed by atoms with Gasteiger partial charge in [0.05, 0.1) is 27.3 Å². The summed E-state index contributed by atoms with van der Waals surface area (Å²) in [5.74, 6) is 0.660. The van der Waals surface area contributed by atoms with E-state index in [4.69, 9.17) is 4.98 Å². The smallest absolute Gasteiger partial charge is 0.167 e. The number of pyridine rings is 1. The number of aromatic nitrogens is 6. The van der Waals surface area contributed by atoms with E-state index >= 15 is 0 Å².